The Balaban J connectivity index is 1.86. The largest absolute Gasteiger partial charge is 0.490 e. The molecule has 1 heterocycles. The summed E-state index contributed by atoms with van der Waals surface area (Å²) >= 11 is 0. The summed E-state index contributed by atoms with van der Waals surface area (Å²) in [4.78, 5) is 25.5. The normalized spacial score (nSPS) is 18.5. The lowest BCUT2D eigenvalue weighted by atomic mass is 10.1. The highest BCUT2D eigenvalue weighted by atomic mass is 16.5. The topological polar surface area (TPSA) is 55.8 Å². The number of rotatable bonds is 9. The minimum absolute atomic E-state index is 0.210. The number of imide groups is 1. The van der Waals surface area contributed by atoms with Crippen molar-refractivity contribution >= 4 is 11.8 Å². The number of ether oxygens (including phenoxy) is 2. The van der Waals surface area contributed by atoms with Crippen LogP contribution in [0.3, 0.4) is 0 Å². The number of amides is 2. The summed E-state index contributed by atoms with van der Waals surface area (Å²) in [5.74, 6) is 1.02. The van der Waals surface area contributed by atoms with E-state index in [0.717, 1.165) is 55.4 Å². The zero-order valence-electron chi connectivity index (χ0n) is 15.6. The summed E-state index contributed by atoms with van der Waals surface area (Å²) in [6, 6.07) is 3.80. The van der Waals surface area contributed by atoms with Crippen LogP contribution >= 0.6 is 0 Å². The van der Waals surface area contributed by atoms with Crippen LogP contribution in [-0.4, -0.2) is 29.9 Å². The van der Waals surface area contributed by atoms with Gasteiger partial charge >= 0.3 is 0 Å². The van der Waals surface area contributed by atoms with Gasteiger partial charge in [0.25, 0.3) is 11.8 Å². The minimum atomic E-state index is -0.232. The van der Waals surface area contributed by atoms with Crippen molar-refractivity contribution < 1.29 is 19.1 Å². The molecule has 0 unspecified atom stereocenters. The van der Waals surface area contributed by atoms with Crippen LogP contribution in [-0.2, 0) is 16.0 Å². The van der Waals surface area contributed by atoms with E-state index in [1.807, 2.05) is 12.1 Å². The molecule has 1 aliphatic heterocycles. The number of carbonyl (C=O) groups excluding carboxylic acids is 2. The summed E-state index contributed by atoms with van der Waals surface area (Å²) in [6.45, 7) is 5.55. The van der Waals surface area contributed by atoms with Crippen molar-refractivity contribution in [1.82, 2.24) is 4.90 Å². The van der Waals surface area contributed by atoms with E-state index < -0.39 is 0 Å². The first-order valence-corrected chi connectivity index (χ1v) is 9.63. The van der Waals surface area contributed by atoms with Crippen LogP contribution in [0, 0.1) is 0 Å². The molecule has 2 aliphatic rings. The Morgan fingerprint density at radius 2 is 1.54 bits per heavy atom. The maximum atomic E-state index is 12.1. The van der Waals surface area contributed by atoms with Gasteiger partial charge in [0.2, 0.25) is 0 Å². The van der Waals surface area contributed by atoms with Crippen molar-refractivity contribution in [3.63, 3.8) is 0 Å². The molecule has 0 radical (unpaired) electrons. The van der Waals surface area contributed by atoms with Gasteiger partial charge in [0.05, 0.1) is 19.3 Å². The molecule has 0 saturated carbocycles. The molecule has 1 atom stereocenters. The molecular formula is C21H27NO4. The summed E-state index contributed by atoms with van der Waals surface area (Å²) in [6.07, 6.45) is 8.38. The lowest BCUT2D eigenvalue weighted by molar-refractivity contribution is -0.139. The Bertz CT molecular complexity index is 692. The fraction of sp³-hybridized carbons (Fsp3) is 0.524. The van der Waals surface area contributed by atoms with Crippen molar-refractivity contribution in [2.45, 2.75) is 58.4 Å². The standard InChI is InChI=1S/C21H27NO4/c1-3-5-11-25-18-13-15-7-8-17(22-20(23)9-10-21(22)24)16(15)14-19(18)26-12-6-4-2/h9-10,13-14,17H,3-8,11-12H2,1-2H3/t17-/m0/s1. The number of aryl methyl sites for hydroxylation is 1. The Kier molecular flexibility index (Phi) is 5.96. The highest BCUT2D eigenvalue weighted by Crippen LogP contribution is 2.43. The lowest BCUT2D eigenvalue weighted by Crippen LogP contribution is -2.33. The molecule has 1 aliphatic carbocycles. The Morgan fingerprint density at radius 3 is 2.12 bits per heavy atom. The molecule has 1 aromatic rings. The predicted octanol–water partition coefficient (Wildman–Crippen LogP) is 3.96. The zero-order chi connectivity index (χ0) is 18.5. The van der Waals surface area contributed by atoms with Gasteiger partial charge in [-0.3, -0.25) is 14.5 Å². The molecule has 0 spiro atoms. The van der Waals surface area contributed by atoms with Gasteiger partial charge in [0, 0.05) is 12.2 Å². The van der Waals surface area contributed by atoms with Crippen LogP contribution in [0.4, 0.5) is 0 Å². The van der Waals surface area contributed by atoms with E-state index in [4.69, 9.17) is 9.47 Å². The smallest absolute Gasteiger partial charge is 0.254 e. The SMILES string of the molecule is CCCCOc1cc2c(cc1OCCCC)[C@@H](N1C(=O)C=CC1=O)CC2. The third-order valence-electron chi connectivity index (χ3n) is 4.92. The van der Waals surface area contributed by atoms with Crippen molar-refractivity contribution in [2.75, 3.05) is 13.2 Å². The number of hydrogen-bond donors (Lipinski definition) is 0. The van der Waals surface area contributed by atoms with Crippen LogP contribution < -0.4 is 9.47 Å². The van der Waals surface area contributed by atoms with E-state index in [-0.39, 0.29) is 17.9 Å². The molecular weight excluding hydrogens is 330 g/mol. The second-order valence-electron chi connectivity index (χ2n) is 6.84. The fourth-order valence-corrected chi connectivity index (χ4v) is 3.46. The second-order valence-corrected chi connectivity index (χ2v) is 6.84. The van der Waals surface area contributed by atoms with Gasteiger partial charge in [-0.25, -0.2) is 0 Å². The average molecular weight is 357 g/mol. The van der Waals surface area contributed by atoms with E-state index >= 15 is 0 Å². The molecule has 0 N–H and O–H groups in total. The number of benzene rings is 1. The number of carbonyl (C=O) groups is 2. The maximum Gasteiger partial charge on any atom is 0.254 e. The Labute approximate surface area is 155 Å². The molecule has 26 heavy (non-hydrogen) atoms. The molecule has 3 rings (SSSR count). The van der Waals surface area contributed by atoms with Crippen LogP contribution in [0.2, 0.25) is 0 Å². The third kappa shape index (κ3) is 3.76. The van der Waals surface area contributed by atoms with Gasteiger partial charge in [-0.2, -0.15) is 0 Å². The highest BCUT2D eigenvalue weighted by Gasteiger charge is 2.37. The predicted molar refractivity (Wildman–Crippen MR) is 99.3 cm³/mol. The third-order valence-corrected chi connectivity index (χ3v) is 4.92. The Hall–Kier alpha value is -2.30. The summed E-state index contributed by atoms with van der Waals surface area (Å²) in [7, 11) is 0. The first-order chi connectivity index (χ1) is 12.7. The molecule has 5 heteroatoms. The van der Waals surface area contributed by atoms with Gasteiger partial charge in [-0.15, -0.1) is 0 Å². The molecule has 140 valence electrons. The van der Waals surface area contributed by atoms with E-state index in [0.29, 0.717) is 19.0 Å². The van der Waals surface area contributed by atoms with Crippen LogP contribution in [0.5, 0.6) is 11.5 Å². The van der Waals surface area contributed by atoms with Crippen molar-refractivity contribution in [3.05, 3.63) is 35.4 Å². The van der Waals surface area contributed by atoms with Gasteiger partial charge in [-0.05, 0) is 48.9 Å². The minimum Gasteiger partial charge on any atom is -0.490 e. The van der Waals surface area contributed by atoms with E-state index in [1.54, 1.807) is 0 Å². The van der Waals surface area contributed by atoms with Crippen LogP contribution in [0.15, 0.2) is 24.3 Å². The van der Waals surface area contributed by atoms with Crippen LogP contribution in [0.1, 0.15) is 63.1 Å². The first kappa shape index (κ1) is 18.5. The molecule has 0 aromatic heterocycles. The number of fused-ring (bicyclic) bond motifs is 1. The first-order valence-electron chi connectivity index (χ1n) is 9.63. The molecule has 5 nitrogen and oxygen atoms in total. The summed E-state index contributed by atoms with van der Waals surface area (Å²) < 4.78 is 11.9. The van der Waals surface area contributed by atoms with Crippen molar-refractivity contribution in [1.29, 1.82) is 0 Å². The Morgan fingerprint density at radius 1 is 0.962 bits per heavy atom. The second kappa shape index (κ2) is 8.39. The quantitative estimate of drug-likeness (QED) is 0.496. The van der Waals surface area contributed by atoms with E-state index in [1.165, 1.54) is 17.1 Å². The van der Waals surface area contributed by atoms with Crippen molar-refractivity contribution in [2.24, 2.45) is 0 Å². The average Bonchev–Trinajstić information content (AvgIpc) is 3.17. The summed E-state index contributed by atoms with van der Waals surface area (Å²) in [5.41, 5.74) is 2.14. The molecule has 0 bridgehead atoms. The van der Waals surface area contributed by atoms with E-state index in [2.05, 4.69) is 13.8 Å². The van der Waals surface area contributed by atoms with Crippen LogP contribution in [0.25, 0.3) is 0 Å². The maximum absolute atomic E-state index is 12.1. The van der Waals surface area contributed by atoms with Gasteiger partial charge in [-0.1, -0.05) is 26.7 Å². The van der Waals surface area contributed by atoms with E-state index in [9.17, 15) is 9.59 Å². The number of nitrogens with zero attached hydrogens (tertiary/aromatic N) is 1. The lowest BCUT2D eigenvalue weighted by Gasteiger charge is -2.23. The zero-order valence-corrected chi connectivity index (χ0v) is 15.6. The summed E-state index contributed by atoms with van der Waals surface area (Å²) in [5, 5.41) is 0. The molecule has 0 fully saturated rings. The highest BCUT2D eigenvalue weighted by molar-refractivity contribution is 6.13. The van der Waals surface area contributed by atoms with Crippen molar-refractivity contribution in [3.8, 4) is 11.5 Å². The number of hydrogen-bond acceptors (Lipinski definition) is 4. The monoisotopic (exact) mass is 357 g/mol. The molecule has 1 aromatic carbocycles. The molecule has 0 saturated heterocycles. The van der Waals surface area contributed by atoms with Gasteiger partial charge in [0.15, 0.2) is 11.5 Å². The fourth-order valence-electron chi connectivity index (χ4n) is 3.46. The van der Waals surface area contributed by atoms with Gasteiger partial charge < -0.3 is 9.47 Å². The van der Waals surface area contributed by atoms with Gasteiger partial charge in [0.1, 0.15) is 0 Å². The molecule has 2 amide bonds. The number of unbranched alkanes of at least 4 members (excludes halogenated alkanes) is 2.